The van der Waals surface area contributed by atoms with E-state index < -0.39 is 0 Å². The standard InChI is InChI=1S/C14H14ClN3O2/c1-2-20-14(19)10-6-17-18(8-10)12-4-3-9-5-13(15)16-7-11(9)12/h5-8,12H,2-4H2,1H3. The van der Waals surface area contributed by atoms with E-state index in [0.29, 0.717) is 17.3 Å². The lowest BCUT2D eigenvalue weighted by Gasteiger charge is -2.11. The van der Waals surface area contributed by atoms with Crippen molar-refractivity contribution in [2.45, 2.75) is 25.8 Å². The third kappa shape index (κ3) is 2.29. The van der Waals surface area contributed by atoms with Gasteiger partial charge in [-0.3, -0.25) is 4.68 Å². The summed E-state index contributed by atoms with van der Waals surface area (Å²) in [4.78, 5) is 15.8. The number of hydrogen-bond donors (Lipinski definition) is 0. The molecule has 0 fully saturated rings. The Balaban J connectivity index is 1.87. The summed E-state index contributed by atoms with van der Waals surface area (Å²) in [6, 6.07) is 2.00. The molecule has 1 aliphatic carbocycles. The molecule has 2 aromatic heterocycles. The molecule has 0 aromatic carbocycles. The maximum Gasteiger partial charge on any atom is 0.341 e. The van der Waals surface area contributed by atoms with Gasteiger partial charge in [-0.25, -0.2) is 9.78 Å². The van der Waals surface area contributed by atoms with E-state index in [2.05, 4.69) is 10.1 Å². The minimum absolute atomic E-state index is 0.109. The van der Waals surface area contributed by atoms with Crippen LogP contribution >= 0.6 is 11.6 Å². The minimum atomic E-state index is -0.341. The van der Waals surface area contributed by atoms with Crippen molar-refractivity contribution < 1.29 is 9.53 Å². The van der Waals surface area contributed by atoms with Crippen LogP contribution in [0.15, 0.2) is 24.7 Å². The molecule has 0 radical (unpaired) electrons. The predicted octanol–water partition coefficient (Wildman–Crippen LogP) is 2.64. The number of carbonyl (C=O) groups is 1. The number of esters is 1. The molecule has 104 valence electrons. The van der Waals surface area contributed by atoms with E-state index >= 15 is 0 Å². The Morgan fingerprint density at radius 1 is 1.55 bits per heavy atom. The van der Waals surface area contributed by atoms with Crippen LogP contribution in [0.4, 0.5) is 0 Å². The van der Waals surface area contributed by atoms with Gasteiger partial charge in [-0.05, 0) is 37.0 Å². The number of aromatic nitrogens is 3. The molecule has 6 heteroatoms. The first-order valence-corrected chi connectivity index (χ1v) is 6.92. The van der Waals surface area contributed by atoms with Crippen molar-refractivity contribution in [1.29, 1.82) is 0 Å². The van der Waals surface area contributed by atoms with Gasteiger partial charge in [0.15, 0.2) is 0 Å². The molecule has 0 aliphatic heterocycles. The summed E-state index contributed by atoms with van der Waals surface area (Å²) in [6.45, 7) is 2.14. The summed E-state index contributed by atoms with van der Waals surface area (Å²) in [7, 11) is 0. The van der Waals surface area contributed by atoms with Crippen molar-refractivity contribution in [3.8, 4) is 0 Å². The molecule has 0 saturated carbocycles. The van der Waals surface area contributed by atoms with Crippen molar-refractivity contribution in [3.63, 3.8) is 0 Å². The molecule has 20 heavy (non-hydrogen) atoms. The fraction of sp³-hybridized carbons (Fsp3) is 0.357. The second-order valence-corrected chi connectivity index (χ2v) is 5.08. The molecule has 0 N–H and O–H groups in total. The molecule has 0 spiro atoms. The van der Waals surface area contributed by atoms with Crippen LogP contribution in [-0.4, -0.2) is 27.3 Å². The van der Waals surface area contributed by atoms with Crippen LogP contribution in [0.3, 0.4) is 0 Å². The van der Waals surface area contributed by atoms with Crippen LogP contribution in [0, 0.1) is 0 Å². The number of fused-ring (bicyclic) bond motifs is 1. The summed E-state index contributed by atoms with van der Waals surface area (Å²) < 4.78 is 6.77. The zero-order valence-electron chi connectivity index (χ0n) is 11.0. The number of hydrogen-bond acceptors (Lipinski definition) is 4. The maximum atomic E-state index is 11.7. The first-order valence-electron chi connectivity index (χ1n) is 6.54. The quantitative estimate of drug-likeness (QED) is 0.644. The monoisotopic (exact) mass is 291 g/mol. The summed E-state index contributed by atoms with van der Waals surface area (Å²) in [5.41, 5.74) is 2.79. The number of ether oxygens (including phenoxy) is 1. The molecular weight excluding hydrogens is 278 g/mol. The smallest absolute Gasteiger partial charge is 0.341 e. The average Bonchev–Trinajstić information content (AvgIpc) is 3.04. The number of aryl methyl sites for hydroxylation is 1. The lowest BCUT2D eigenvalue weighted by molar-refractivity contribution is 0.0526. The highest BCUT2D eigenvalue weighted by Crippen LogP contribution is 2.34. The summed E-state index contributed by atoms with van der Waals surface area (Å²) in [5.74, 6) is -0.341. The summed E-state index contributed by atoms with van der Waals surface area (Å²) in [5, 5.41) is 4.79. The largest absolute Gasteiger partial charge is 0.462 e. The highest BCUT2D eigenvalue weighted by Gasteiger charge is 2.26. The summed E-state index contributed by atoms with van der Waals surface area (Å²) >= 11 is 5.90. The first kappa shape index (κ1) is 13.1. The number of carbonyl (C=O) groups excluding carboxylic acids is 1. The predicted molar refractivity (Wildman–Crippen MR) is 73.9 cm³/mol. The van der Waals surface area contributed by atoms with Gasteiger partial charge in [0.2, 0.25) is 0 Å². The molecule has 0 bridgehead atoms. The molecule has 1 unspecified atom stereocenters. The fourth-order valence-electron chi connectivity index (χ4n) is 2.55. The van der Waals surface area contributed by atoms with E-state index in [1.807, 2.05) is 6.07 Å². The van der Waals surface area contributed by atoms with Gasteiger partial charge in [0, 0.05) is 12.4 Å². The van der Waals surface area contributed by atoms with Crippen LogP contribution in [-0.2, 0) is 11.2 Å². The molecule has 1 aliphatic rings. The van der Waals surface area contributed by atoms with Crippen LogP contribution in [0.25, 0.3) is 0 Å². The van der Waals surface area contributed by atoms with E-state index in [1.165, 1.54) is 5.56 Å². The fourth-order valence-corrected chi connectivity index (χ4v) is 2.73. The van der Waals surface area contributed by atoms with Crippen molar-refractivity contribution in [3.05, 3.63) is 46.5 Å². The van der Waals surface area contributed by atoms with Gasteiger partial charge in [-0.2, -0.15) is 5.10 Å². The van der Waals surface area contributed by atoms with E-state index in [4.69, 9.17) is 16.3 Å². The second kappa shape index (κ2) is 5.25. The zero-order valence-corrected chi connectivity index (χ0v) is 11.8. The van der Waals surface area contributed by atoms with Crippen molar-refractivity contribution in [1.82, 2.24) is 14.8 Å². The Morgan fingerprint density at radius 3 is 3.20 bits per heavy atom. The van der Waals surface area contributed by atoms with E-state index in [0.717, 1.165) is 18.4 Å². The SMILES string of the molecule is CCOC(=O)c1cnn(C2CCc3cc(Cl)ncc32)c1. The van der Waals surface area contributed by atoms with Gasteiger partial charge in [0.25, 0.3) is 0 Å². The Bertz CT molecular complexity index is 654. The van der Waals surface area contributed by atoms with E-state index in [9.17, 15) is 4.79 Å². The van der Waals surface area contributed by atoms with Gasteiger partial charge in [-0.15, -0.1) is 0 Å². The van der Waals surface area contributed by atoms with Gasteiger partial charge >= 0.3 is 5.97 Å². The number of nitrogens with zero attached hydrogens (tertiary/aromatic N) is 3. The Morgan fingerprint density at radius 2 is 2.40 bits per heavy atom. The topological polar surface area (TPSA) is 57.0 Å². The third-order valence-electron chi connectivity index (χ3n) is 3.47. The van der Waals surface area contributed by atoms with Gasteiger partial charge < -0.3 is 4.74 Å². The molecular formula is C14H14ClN3O2. The Hall–Kier alpha value is -1.88. The third-order valence-corrected chi connectivity index (χ3v) is 3.68. The molecule has 0 saturated heterocycles. The number of pyridine rings is 1. The van der Waals surface area contributed by atoms with E-state index in [-0.39, 0.29) is 12.0 Å². The molecule has 3 rings (SSSR count). The van der Waals surface area contributed by atoms with Crippen LogP contribution in [0.5, 0.6) is 0 Å². The van der Waals surface area contributed by atoms with Gasteiger partial charge in [-0.1, -0.05) is 11.6 Å². The van der Waals surface area contributed by atoms with Gasteiger partial charge in [0.05, 0.1) is 24.4 Å². The van der Waals surface area contributed by atoms with E-state index in [1.54, 1.807) is 30.2 Å². The zero-order chi connectivity index (χ0) is 14.1. The Labute approximate surface area is 121 Å². The van der Waals surface area contributed by atoms with Gasteiger partial charge in [0.1, 0.15) is 5.15 Å². The van der Waals surface area contributed by atoms with Crippen molar-refractivity contribution >= 4 is 17.6 Å². The molecule has 2 heterocycles. The second-order valence-electron chi connectivity index (χ2n) is 4.69. The number of rotatable bonds is 3. The molecule has 0 amide bonds. The molecule has 5 nitrogen and oxygen atoms in total. The van der Waals surface area contributed by atoms with Crippen molar-refractivity contribution in [2.75, 3.05) is 6.61 Å². The number of halogens is 1. The molecule has 1 atom stereocenters. The normalized spacial score (nSPS) is 17.0. The van der Waals surface area contributed by atoms with Crippen molar-refractivity contribution in [2.24, 2.45) is 0 Å². The van der Waals surface area contributed by atoms with Crippen LogP contribution in [0.1, 0.15) is 40.9 Å². The minimum Gasteiger partial charge on any atom is -0.462 e. The van der Waals surface area contributed by atoms with Crippen LogP contribution < -0.4 is 0 Å². The Kier molecular flexibility index (Phi) is 3.44. The first-order chi connectivity index (χ1) is 9.69. The lowest BCUT2D eigenvalue weighted by atomic mass is 10.1. The van der Waals surface area contributed by atoms with Crippen LogP contribution in [0.2, 0.25) is 5.15 Å². The average molecular weight is 292 g/mol. The highest BCUT2D eigenvalue weighted by atomic mass is 35.5. The maximum absolute atomic E-state index is 11.7. The highest BCUT2D eigenvalue weighted by molar-refractivity contribution is 6.29. The lowest BCUT2D eigenvalue weighted by Crippen LogP contribution is -2.08. The summed E-state index contributed by atoms with van der Waals surface area (Å²) in [6.07, 6.45) is 6.94. The molecule has 2 aromatic rings.